The van der Waals surface area contributed by atoms with Crippen molar-refractivity contribution in [1.82, 2.24) is 10.5 Å². The maximum absolute atomic E-state index is 12.9. The molecule has 0 aliphatic carbocycles. The van der Waals surface area contributed by atoms with Crippen LogP contribution in [0.1, 0.15) is 10.4 Å². The minimum absolute atomic E-state index is 0.0826. The molecular formula is C7H7FN2O3. The molecule has 0 radical (unpaired) electrons. The predicted octanol–water partition coefficient (Wildman–Crippen LogP) is 0.348. The zero-order chi connectivity index (χ0) is 9.84. The fourth-order valence-corrected chi connectivity index (χ4v) is 0.764. The van der Waals surface area contributed by atoms with Crippen LogP contribution in [0.3, 0.4) is 0 Å². The lowest BCUT2D eigenvalue weighted by Gasteiger charge is -2.01. The quantitative estimate of drug-likeness (QED) is 0.516. The molecule has 0 aliphatic rings. The Morgan fingerprint density at radius 1 is 1.77 bits per heavy atom. The van der Waals surface area contributed by atoms with Gasteiger partial charge in [-0.25, -0.2) is 14.9 Å². The molecule has 1 aromatic rings. The molecule has 0 aromatic carbocycles. The second-order valence-electron chi connectivity index (χ2n) is 2.16. The van der Waals surface area contributed by atoms with Crippen LogP contribution in [-0.4, -0.2) is 23.2 Å². The van der Waals surface area contributed by atoms with Gasteiger partial charge in [0.05, 0.1) is 12.7 Å². The number of methoxy groups -OCH3 is 1. The van der Waals surface area contributed by atoms with Gasteiger partial charge in [-0.05, 0) is 6.07 Å². The van der Waals surface area contributed by atoms with Crippen molar-refractivity contribution in [3.05, 3.63) is 23.6 Å². The molecule has 13 heavy (non-hydrogen) atoms. The monoisotopic (exact) mass is 186 g/mol. The van der Waals surface area contributed by atoms with E-state index in [1.807, 2.05) is 0 Å². The molecule has 1 amide bonds. The van der Waals surface area contributed by atoms with Crippen molar-refractivity contribution in [3.8, 4) is 5.88 Å². The summed E-state index contributed by atoms with van der Waals surface area (Å²) >= 11 is 0. The van der Waals surface area contributed by atoms with Gasteiger partial charge in [-0.3, -0.25) is 10.0 Å². The highest BCUT2D eigenvalue weighted by molar-refractivity contribution is 5.93. The van der Waals surface area contributed by atoms with Crippen molar-refractivity contribution in [2.75, 3.05) is 7.11 Å². The summed E-state index contributed by atoms with van der Waals surface area (Å²) in [5.41, 5.74) is 1.28. The highest BCUT2D eigenvalue weighted by Gasteiger charge is 2.09. The van der Waals surface area contributed by atoms with Crippen LogP contribution in [-0.2, 0) is 0 Å². The molecule has 70 valence electrons. The minimum Gasteiger partial charge on any atom is -0.479 e. The number of nitrogens with one attached hydrogen (secondary N) is 1. The fourth-order valence-electron chi connectivity index (χ4n) is 0.764. The second kappa shape index (κ2) is 3.81. The van der Waals surface area contributed by atoms with Crippen LogP contribution in [0.4, 0.5) is 4.39 Å². The van der Waals surface area contributed by atoms with Gasteiger partial charge in [0.1, 0.15) is 0 Å². The molecule has 1 rings (SSSR count). The Morgan fingerprint density at radius 3 is 2.92 bits per heavy atom. The maximum atomic E-state index is 12.9. The number of carbonyl (C=O) groups is 1. The van der Waals surface area contributed by atoms with Crippen molar-refractivity contribution in [3.63, 3.8) is 0 Å². The van der Waals surface area contributed by atoms with E-state index in [4.69, 9.17) is 5.21 Å². The van der Waals surface area contributed by atoms with Crippen molar-refractivity contribution < 1.29 is 19.1 Å². The first-order valence-corrected chi connectivity index (χ1v) is 3.33. The number of amides is 1. The predicted molar refractivity (Wildman–Crippen MR) is 40.0 cm³/mol. The summed E-state index contributed by atoms with van der Waals surface area (Å²) in [4.78, 5) is 14.3. The van der Waals surface area contributed by atoms with E-state index in [-0.39, 0.29) is 11.4 Å². The Morgan fingerprint density at radius 2 is 2.46 bits per heavy atom. The van der Waals surface area contributed by atoms with E-state index in [1.54, 1.807) is 0 Å². The van der Waals surface area contributed by atoms with Crippen LogP contribution < -0.4 is 10.2 Å². The molecule has 0 atom stereocenters. The van der Waals surface area contributed by atoms with Gasteiger partial charge >= 0.3 is 0 Å². The molecule has 0 bridgehead atoms. The highest BCUT2D eigenvalue weighted by Crippen LogP contribution is 2.13. The molecule has 0 fully saturated rings. The number of nitrogens with zero attached hydrogens (tertiary/aromatic N) is 1. The first-order valence-electron chi connectivity index (χ1n) is 3.33. The zero-order valence-corrected chi connectivity index (χ0v) is 6.74. The summed E-state index contributed by atoms with van der Waals surface area (Å²) in [6.45, 7) is 0. The number of ether oxygens (including phenoxy) is 1. The zero-order valence-electron chi connectivity index (χ0n) is 6.74. The Kier molecular flexibility index (Phi) is 2.76. The third-order valence-corrected chi connectivity index (χ3v) is 1.36. The van der Waals surface area contributed by atoms with Crippen LogP contribution >= 0.6 is 0 Å². The van der Waals surface area contributed by atoms with Crippen LogP contribution in [0.15, 0.2) is 12.3 Å². The van der Waals surface area contributed by atoms with Crippen molar-refractivity contribution >= 4 is 5.91 Å². The normalized spacial score (nSPS) is 9.46. The third kappa shape index (κ3) is 1.91. The number of hydrogen-bond donors (Lipinski definition) is 2. The molecular weight excluding hydrogens is 179 g/mol. The number of rotatable bonds is 2. The number of halogens is 1. The Bertz CT molecular complexity index is 330. The standard InChI is InChI=1S/C7H7FN2O3/c1-13-7-5(8)2-4(3-9-7)6(11)10-12/h2-3,12H,1H3,(H,10,11). The summed E-state index contributed by atoms with van der Waals surface area (Å²) in [7, 11) is 1.26. The topological polar surface area (TPSA) is 71.5 Å². The molecule has 6 heteroatoms. The molecule has 1 heterocycles. The van der Waals surface area contributed by atoms with E-state index in [1.165, 1.54) is 12.6 Å². The largest absolute Gasteiger partial charge is 0.479 e. The molecule has 1 aromatic heterocycles. The average molecular weight is 186 g/mol. The molecule has 5 nitrogen and oxygen atoms in total. The highest BCUT2D eigenvalue weighted by atomic mass is 19.1. The smallest absolute Gasteiger partial charge is 0.276 e. The first kappa shape index (κ1) is 9.40. The SMILES string of the molecule is COc1ncc(C(=O)NO)cc1F. The Hall–Kier alpha value is -1.69. The van der Waals surface area contributed by atoms with Crippen LogP contribution in [0.5, 0.6) is 5.88 Å². The molecule has 0 saturated heterocycles. The van der Waals surface area contributed by atoms with Gasteiger partial charge in [0.15, 0.2) is 5.82 Å². The summed E-state index contributed by atoms with van der Waals surface area (Å²) in [6.07, 6.45) is 1.09. The number of pyridine rings is 1. The van der Waals surface area contributed by atoms with Gasteiger partial charge < -0.3 is 4.74 Å². The Labute approximate surface area is 73.1 Å². The average Bonchev–Trinajstić information content (AvgIpc) is 2.16. The lowest BCUT2D eigenvalue weighted by molar-refractivity contribution is 0.0705. The summed E-state index contributed by atoms with van der Waals surface area (Å²) in [6, 6.07) is 0.914. The van der Waals surface area contributed by atoms with E-state index in [0.29, 0.717) is 0 Å². The van der Waals surface area contributed by atoms with E-state index < -0.39 is 11.7 Å². The lowest BCUT2D eigenvalue weighted by atomic mass is 10.3. The first-order chi connectivity index (χ1) is 6.19. The summed E-state index contributed by atoms with van der Waals surface area (Å²) < 4.78 is 17.4. The molecule has 0 aliphatic heterocycles. The van der Waals surface area contributed by atoms with Gasteiger partial charge in [-0.15, -0.1) is 0 Å². The second-order valence-corrected chi connectivity index (χ2v) is 2.16. The number of aromatic nitrogens is 1. The van der Waals surface area contributed by atoms with Gasteiger partial charge in [-0.1, -0.05) is 0 Å². The van der Waals surface area contributed by atoms with Crippen LogP contribution in [0.25, 0.3) is 0 Å². The number of hydroxylamine groups is 1. The van der Waals surface area contributed by atoms with E-state index in [9.17, 15) is 9.18 Å². The molecule has 2 N–H and O–H groups in total. The van der Waals surface area contributed by atoms with E-state index in [0.717, 1.165) is 12.3 Å². The number of carbonyl (C=O) groups excluding carboxylic acids is 1. The van der Waals surface area contributed by atoms with Gasteiger partial charge in [0, 0.05) is 6.20 Å². The molecule has 0 unspecified atom stereocenters. The third-order valence-electron chi connectivity index (χ3n) is 1.36. The minimum atomic E-state index is -0.825. The van der Waals surface area contributed by atoms with Gasteiger partial charge in [0.25, 0.3) is 5.91 Å². The summed E-state index contributed by atoms with van der Waals surface area (Å²) in [5.74, 6) is -1.79. The van der Waals surface area contributed by atoms with Crippen LogP contribution in [0, 0.1) is 5.82 Å². The van der Waals surface area contributed by atoms with Crippen molar-refractivity contribution in [1.29, 1.82) is 0 Å². The van der Waals surface area contributed by atoms with E-state index >= 15 is 0 Å². The summed E-state index contributed by atoms with van der Waals surface area (Å²) in [5, 5.41) is 8.22. The van der Waals surface area contributed by atoms with Crippen molar-refractivity contribution in [2.45, 2.75) is 0 Å². The maximum Gasteiger partial charge on any atom is 0.276 e. The van der Waals surface area contributed by atoms with Gasteiger partial charge in [0.2, 0.25) is 5.88 Å². The molecule has 0 spiro atoms. The number of hydrogen-bond acceptors (Lipinski definition) is 4. The fraction of sp³-hybridized carbons (Fsp3) is 0.143. The van der Waals surface area contributed by atoms with Crippen molar-refractivity contribution in [2.24, 2.45) is 0 Å². The van der Waals surface area contributed by atoms with E-state index in [2.05, 4.69) is 9.72 Å². The molecule has 0 saturated carbocycles. The Balaban J connectivity index is 3.02. The van der Waals surface area contributed by atoms with Gasteiger partial charge in [-0.2, -0.15) is 0 Å². The van der Waals surface area contributed by atoms with Crippen LogP contribution in [0.2, 0.25) is 0 Å². The lowest BCUT2D eigenvalue weighted by Crippen LogP contribution is -2.19.